The van der Waals surface area contributed by atoms with Crippen LogP contribution in [0, 0.1) is 5.41 Å². The van der Waals surface area contributed by atoms with E-state index in [1.165, 1.54) is 14.2 Å². The molecule has 1 aliphatic rings. The van der Waals surface area contributed by atoms with E-state index in [0.717, 1.165) is 12.8 Å². The van der Waals surface area contributed by atoms with Gasteiger partial charge in [0.2, 0.25) is 0 Å². The van der Waals surface area contributed by atoms with E-state index in [-0.39, 0.29) is 12.2 Å². The predicted octanol–water partition coefficient (Wildman–Crippen LogP) is 2.92. The number of benzene rings is 1. The fourth-order valence-corrected chi connectivity index (χ4v) is 2.94. The maximum atomic E-state index is 12.4. The molecule has 1 aliphatic carbocycles. The Bertz CT molecular complexity index is 544. The number of hydrogen-bond acceptors (Lipinski definition) is 4. The SMILES string of the molecule is COc1ccc(C(=O)CC2(C(=O)O)CCCC2)cc1OC. The molecule has 0 heterocycles. The zero-order chi connectivity index (χ0) is 15.5. The molecular weight excluding hydrogens is 272 g/mol. The summed E-state index contributed by atoms with van der Waals surface area (Å²) in [4.78, 5) is 23.9. The van der Waals surface area contributed by atoms with Gasteiger partial charge in [0, 0.05) is 12.0 Å². The highest BCUT2D eigenvalue weighted by molar-refractivity contribution is 5.99. The molecule has 1 aromatic carbocycles. The summed E-state index contributed by atoms with van der Waals surface area (Å²) < 4.78 is 10.3. The van der Waals surface area contributed by atoms with Crippen LogP contribution < -0.4 is 9.47 Å². The van der Waals surface area contributed by atoms with Crippen molar-refractivity contribution in [2.75, 3.05) is 14.2 Å². The number of ketones is 1. The van der Waals surface area contributed by atoms with E-state index in [4.69, 9.17) is 9.47 Å². The molecule has 5 nitrogen and oxygen atoms in total. The molecule has 0 spiro atoms. The van der Waals surface area contributed by atoms with Gasteiger partial charge < -0.3 is 14.6 Å². The molecule has 0 aromatic heterocycles. The van der Waals surface area contributed by atoms with E-state index < -0.39 is 11.4 Å². The summed E-state index contributed by atoms with van der Waals surface area (Å²) in [6, 6.07) is 4.91. The first kappa shape index (κ1) is 15.4. The lowest BCUT2D eigenvalue weighted by atomic mass is 9.80. The number of aliphatic carboxylic acids is 1. The van der Waals surface area contributed by atoms with Crippen molar-refractivity contribution in [1.29, 1.82) is 0 Å². The van der Waals surface area contributed by atoms with Gasteiger partial charge in [0.1, 0.15) is 0 Å². The van der Waals surface area contributed by atoms with Crippen LogP contribution in [0.5, 0.6) is 11.5 Å². The van der Waals surface area contributed by atoms with Gasteiger partial charge in [-0.25, -0.2) is 0 Å². The Morgan fingerprint density at radius 1 is 1.14 bits per heavy atom. The lowest BCUT2D eigenvalue weighted by Gasteiger charge is -2.22. The number of methoxy groups -OCH3 is 2. The minimum absolute atomic E-state index is 0.0395. The zero-order valence-electron chi connectivity index (χ0n) is 12.3. The molecule has 1 saturated carbocycles. The molecule has 21 heavy (non-hydrogen) atoms. The summed E-state index contributed by atoms with van der Waals surface area (Å²) in [6.07, 6.45) is 2.91. The third kappa shape index (κ3) is 3.01. The lowest BCUT2D eigenvalue weighted by Crippen LogP contribution is -2.30. The Labute approximate surface area is 123 Å². The van der Waals surface area contributed by atoms with E-state index in [0.29, 0.717) is 29.9 Å². The van der Waals surface area contributed by atoms with E-state index in [1.807, 2.05) is 0 Å². The Morgan fingerprint density at radius 3 is 2.29 bits per heavy atom. The Hall–Kier alpha value is -2.04. The van der Waals surface area contributed by atoms with Crippen LogP contribution in [0.4, 0.5) is 0 Å². The van der Waals surface area contributed by atoms with Crippen LogP contribution in [0.25, 0.3) is 0 Å². The molecule has 1 N–H and O–H groups in total. The summed E-state index contributed by atoms with van der Waals surface area (Å²) >= 11 is 0. The number of carbonyl (C=O) groups excluding carboxylic acids is 1. The molecule has 0 saturated heterocycles. The van der Waals surface area contributed by atoms with Crippen molar-refractivity contribution in [2.24, 2.45) is 5.41 Å². The highest BCUT2D eigenvalue weighted by atomic mass is 16.5. The Kier molecular flexibility index (Phi) is 4.50. The van der Waals surface area contributed by atoms with Crippen LogP contribution >= 0.6 is 0 Å². The maximum absolute atomic E-state index is 12.4. The fourth-order valence-electron chi connectivity index (χ4n) is 2.94. The number of Topliss-reactive ketones (excluding diaryl/α,β-unsaturated/α-hetero) is 1. The highest BCUT2D eigenvalue weighted by Crippen LogP contribution is 2.42. The maximum Gasteiger partial charge on any atom is 0.310 e. The summed E-state index contributed by atoms with van der Waals surface area (Å²) in [6.45, 7) is 0. The van der Waals surface area contributed by atoms with Crippen molar-refractivity contribution in [2.45, 2.75) is 32.1 Å². The summed E-state index contributed by atoms with van der Waals surface area (Å²) in [7, 11) is 3.03. The second-order valence-corrected chi connectivity index (χ2v) is 5.46. The van der Waals surface area contributed by atoms with Crippen molar-refractivity contribution < 1.29 is 24.2 Å². The van der Waals surface area contributed by atoms with Gasteiger partial charge in [-0.15, -0.1) is 0 Å². The van der Waals surface area contributed by atoms with Crippen molar-refractivity contribution >= 4 is 11.8 Å². The number of carbonyl (C=O) groups is 2. The van der Waals surface area contributed by atoms with Crippen LogP contribution in [0.15, 0.2) is 18.2 Å². The average Bonchev–Trinajstić information content (AvgIpc) is 2.96. The van der Waals surface area contributed by atoms with Gasteiger partial charge in [0.25, 0.3) is 0 Å². The summed E-state index contributed by atoms with van der Waals surface area (Å²) in [5.41, 5.74) is -0.440. The molecule has 1 fully saturated rings. The van der Waals surface area contributed by atoms with Crippen LogP contribution in [0.1, 0.15) is 42.5 Å². The molecule has 0 amide bonds. The first-order valence-corrected chi connectivity index (χ1v) is 7.01. The molecule has 1 aromatic rings. The minimum Gasteiger partial charge on any atom is -0.493 e. The number of rotatable bonds is 6. The van der Waals surface area contributed by atoms with Gasteiger partial charge in [0.15, 0.2) is 17.3 Å². The number of ether oxygens (including phenoxy) is 2. The van der Waals surface area contributed by atoms with Gasteiger partial charge in [-0.3, -0.25) is 9.59 Å². The molecule has 0 aliphatic heterocycles. The van der Waals surface area contributed by atoms with Crippen LogP contribution in [-0.4, -0.2) is 31.1 Å². The third-order valence-electron chi connectivity index (χ3n) is 4.22. The quantitative estimate of drug-likeness (QED) is 0.816. The van der Waals surface area contributed by atoms with Gasteiger partial charge in [-0.2, -0.15) is 0 Å². The second kappa shape index (κ2) is 6.16. The van der Waals surface area contributed by atoms with Crippen LogP contribution in [0.2, 0.25) is 0 Å². The topological polar surface area (TPSA) is 72.8 Å². The lowest BCUT2D eigenvalue weighted by molar-refractivity contribution is -0.148. The van der Waals surface area contributed by atoms with Gasteiger partial charge in [-0.05, 0) is 31.0 Å². The summed E-state index contributed by atoms with van der Waals surface area (Å²) in [5.74, 6) is -0.0175. The first-order valence-electron chi connectivity index (χ1n) is 7.01. The van der Waals surface area contributed by atoms with Gasteiger partial charge >= 0.3 is 5.97 Å². The smallest absolute Gasteiger partial charge is 0.310 e. The second-order valence-electron chi connectivity index (χ2n) is 5.46. The molecular formula is C16H20O5. The molecule has 2 rings (SSSR count). The zero-order valence-corrected chi connectivity index (χ0v) is 12.3. The third-order valence-corrected chi connectivity index (χ3v) is 4.22. The van der Waals surface area contributed by atoms with E-state index in [2.05, 4.69) is 0 Å². The van der Waals surface area contributed by atoms with Gasteiger partial charge in [0.05, 0.1) is 19.6 Å². The molecule has 5 heteroatoms. The monoisotopic (exact) mass is 292 g/mol. The summed E-state index contributed by atoms with van der Waals surface area (Å²) in [5, 5.41) is 9.45. The average molecular weight is 292 g/mol. The minimum atomic E-state index is -0.899. The fraction of sp³-hybridized carbons (Fsp3) is 0.500. The highest BCUT2D eigenvalue weighted by Gasteiger charge is 2.43. The normalized spacial score (nSPS) is 16.5. The number of carboxylic acid groups (broad SMARTS) is 1. The Balaban J connectivity index is 2.22. The van der Waals surface area contributed by atoms with E-state index >= 15 is 0 Å². The first-order chi connectivity index (χ1) is 10.0. The van der Waals surface area contributed by atoms with E-state index in [1.54, 1.807) is 18.2 Å². The molecule has 114 valence electrons. The van der Waals surface area contributed by atoms with Crippen molar-refractivity contribution in [1.82, 2.24) is 0 Å². The van der Waals surface area contributed by atoms with Crippen LogP contribution in [0.3, 0.4) is 0 Å². The van der Waals surface area contributed by atoms with Crippen LogP contribution in [-0.2, 0) is 4.79 Å². The number of hydrogen-bond donors (Lipinski definition) is 1. The van der Waals surface area contributed by atoms with Crippen molar-refractivity contribution in [3.8, 4) is 11.5 Å². The molecule has 0 unspecified atom stereocenters. The number of carboxylic acids is 1. The van der Waals surface area contributed by atoms with Crippen molar-refractivity contribution in [3.63, 3.8) is 0 Å². The standard InChI is InChI=1S/C16H20O5/c1-20-13-6-5-11(9-14(13)21-2)12(17)10-16(15(18)19)7-3-4-8-16/h5-6,9H,3-4,7-8,10H2,1-2H3,(H,18,19). The van der Waals surface area contributed by atoms with E-state index in [9.17, 15) is 14.7 Å². The van der Waals surface area contributed by atoms with Crippen molar-refractivity contribution in [3.05, 3.63) is 23.8 Å². The molecule has 0 atom stereocenters. The Morgan fingerprint density at radius 2 is 1.76 bits per heavy atom. The molecule has 0 radical (unpaired) electrons. The largest absolute Gasteiger partial charge is 0.493 e. The molecule has 0 bridgehead atoms. The predicted molar refractivity (Wildman–Crippen MR) is 77.0 cm³/mol. The van der Waals surface area contributed by atoms with Gasteiger partial charge in [-0.1, -0.05) is 12.8 Å².